The zero-order chi connectivity index (χ0) is 14.5. The highest BCUT2D eigenvalue weighted by molar-refractivity contribution is 5.36. The molecule has 0 saturated carbocycles. The molecule has 2 rings (SSSR count). The van der Waals surface area contributed by atoms with E-state index in [-0.39, 0.29) is 0 Å². The summed E-state index contributed by atoms with van der Waals surface area (Å²) in [7, 11) is 0. The molecule has 1 aliphatic heterocycles. The highest BCUT2D eigenvalue weighted by atomic mass is 15.2. The van der Waals surface area contributed by atoms with Crippen LogP contribution in [0.5, 0.6) is 0 Å². The van der Waals surface area contributed by atoms with Gasteiger partial charge in [-0.15, -0.1) is 0 Å². The Hall–Kier alpha value is -1.16. The Morgan fingerprint density at radius 1 is 1.20 bits per heavy atom. The summed E-state index contributed by atoms with van der Waals surface area (Å²) < 4.78 is 0. The van der Waals surface area contributed by atoms with Crippen LogP contribution < -0.4 is 10.2 Å². The van der Waals surface area contributed by atoms with Crippen molar-refractivity contribution >= 4 is 5.82 Å². The monoisotopic (exact) mass is 276 g/mol. The molecule has 0 bridgehead atoms. The lowest BCUT2D eigenvalue weighted by atomic mass is 9.92. The molecule has 2 unspecified atom stereocenters. The van der Waals surface area contributed by atoms with Gasteiger partial charge < -0.3 is 10.2 Å². The molecule has 1 aromatic rings. The molecule has 0 amide bonds. The molecule has 0 spiro atoms. The highest BCUT2D eigenvalue weighted by Gasteiger charge is 2.22. The second-order valence-corrected chi connectivity index (χ2v) is 6.74. The number of hydrogen-bond acceptors (Lipinski definition) is 4. The van der Waals surface area contributed by atoms with Crippen molar-refractivity contribution in [2.75, 3.05) is 24.5 Å². The second kappa shape index (κ2) is 7.02. The third-order valence-electron chi connectivity index (χ3n) is 3.74. The fraction of sp³-hybridized carbons (Fsp3) is 0.750. The van der Waals surface area contributed by atoms with E-state index >= 15 is 0 Å². The molecule has 2 heterocycles. The molecule has 4 nitrogen and oxygen atoms in total. The van der Waals surface area contributed by atoms with Gasteiger partial charge in [0.1, 0.15) is 5.82 Å². The minimum absolute atomic E-state index is 0.665. The van der Waals surface area contributed by atoms with E-state index in [4.69, 9.17) is 0 Å². The summed E-state index contributed by atoms with van der Waals surface area (Å²) in [6.07, 6.45) is 5.16. The average molecular weight is 276 g/mol. The number of hydrogen-bond donors (Lipinski definition) is 1. The molecule has 1 fully saturated rings. The number of rotatable bonds is 5. The molecule has 112 valence electrons. The molecule has 0 aromatic carbocycles. The quantitative estimate of drug-likeness (QED) is 0.898. The van der Waals surface area contributed by atoms with Gasteiger partial charge in [0, 0.05) is 19.6 Å². The maximum absolute atomic E-state index is 4.59. The lowest BCUT2D eigenvalue weighted by Gasteiger charge is -2.35. The number of nitrogens with one attached hydrogen (secondary N) is 1. The molecule has 2 atom stereocenters. The van der Waals surface area contributed by atoms with Gasteiger partial charge in [0.05, 0.1) is 18.1 Å². The first-order valence-corrected chi connectivity index (χ1v) is 7.81. The number of nitrogens with zero attached hydrogens (tertiary/aromatic N) is 3. The minimum atomic E-state index is 0.665. The molecule has 0 radical (unpaired) electrons. The first-order valence-electron chi connectivity index (χ1n) is 7.81. The second-order valence-electron chi connectivity index (χ2n) is 6.74. The van der Waals surface area contributed by atoms with E-state index in [0.29, 0.717) is 5.92 Å². The van der Waals surface area contributed by atoms with Crippen LogP contribution in [0.3, 0.4) is 0 Å². The molecule has 1 aromatic heterocycles. The number of anilines is 1. The standard InChI is InChI=1S/C16H28N4/c1-12(2)6-17-7-15-8-19-16(9-18-15)20-10-13(3)5-14(4)11-20/h8-9,12-14,17H,5-7,10-11H2,1-4H3. The van der Waals surface area contributed by atoms with Crippen molar-refractivity contribution < 1.29 is 0 Å². The van der Waals surface area contributed by atoms with E-state index in [2.05, 4.69) is 47.9 Å². The van der Waals surface area contributed by atoms with Gasteiger partial charge >= 0.3 is 0 Å². The minimum Gasteiger partial charge on any atom is -0.355 e. The molecule has 4 heteroatoms. The molecular formula is C16H28N4. The van der Waals surface area contributed by atoms with Crippen molar-refractivity contribution in [3.8, 4) is 0 Å². The maximum atomic E-state index is 4.59. The maximum Gasteiger partial charge on any atom is 0.147 e. The Bertz CT molecular complexity index is 391. The lowest BCUT2D eigenvalue weighted by molar-refractivity contribution is 0.355. The predicted octanol–water partition coefficient (Wildman–Crippen LogP) is 2.70. The fourth-order valence-corrected chi connectivity index (χ4v) is 2.94. The Morgan fingerprint density at radius 2 is 1.90 bits per heavy atom. The van der Waals surface area contributed by atoms with Gasteiger partial charge in [-0.3, -0.25) is 4.98 Å². The van der Waals surface area contributed by atoms with Crippen LogP contribution in [0.4, 0.5) is 5.82 Å². The first-order chi connectivity index (χ1) is 9.54. The molecule has 1 aliphatic rings. The van der Waals surface area contributed by atoms with Gasteiger partial charge in [0.25, 0.3) is 0 Å². The summed E-state index contributed by atoms with van der Waals surface area (Å²) in [5, 5.41) is 3.40. The van der Waals surface area contributed by atoms with E-state index in [1.165, 1.54) is 6.42 Å². The largest absolute Gasteiger partial charge is 0.355 e. The van der Waals surface area contributed by atoms with Crippen LogP contribution in [-0.2, 0) is 6.54 Å². The summed E-state index contributed by atoms with van der Waals surface area (Å²) in [5.41, 5.74) is 1.02. The van der Waals surface area contributed by atoms with Crippen molar-refractivity contribution in [3.63, 3.8) is 0 Å². The van der Waals surface area contributed by atoms with Gasteiger partial charge in [-0.05, 0) is 30.7 Å². The van der Waals surface area contributed by atoms with Crippen LogP contribution in [0, 0.1) is 17.8 Å². The van der Waals surface area contributed by atoms with Gasteiger partial charge in [0.2, 0.25) is 0 Å². The zero-order valence-electron chi connectivity index (χ0n) is 13.3. The fourth-order valence-electron chi connectivity index (χ4n) is 2.94. The van der Waals surface area contributed by atoms with Gasteiger partial charge in [-0.25, -0.2) is 4.98 Å². The Balaban J connectivity index is 1.90. The van der Waals surface area contributed by atoms with E-state index in [0.717, 1.165) is 49.5 Å². The van der Waals surface area contributed by atoms with Crippen LogP contribution in [0.2, 0.25) is 0 Å². The smallest absolute Gasteiger partial charge is 0.147 e. The molecular weight excluding hydrogens is 248 g/mol. The SMILES string of the molecule is CC(C)CNCc1cnc(N2CC(C)CC(C)C2)cn1. The normalized spacial score (nSPS) is 23.4. The lowest BCUT2D eigenvalue weighted by Crippen LogP contribution is -2.39. The van der Waals surface area contributed by atoms with E-state index in [9.17, 15) is 0 Å². The van der Waals surface area contributed by atoms with Gasteiger partial charge in [-0.1, -0.05) is 27.7 Å². The highest BCUT2D eigenvalue weighted by Crippen LogP contribution is 2.24. The molecule has 20 heavy (non-hydrogen) atoms. The van der Waals surface area contributed by atoms with Crippen molar-refractivity contribution in [2.24, 2.45) is 17.8 Å². The number of piperidine rings is 1. The summed E-state index contributed by atoms with van der Waals surface area (Å²) in [6, 6.07) is 0. The third kappa shape index (κ3) is 4.44. The average Bonchev–Trinajstić information content (AvgIpc) is 2.38. The predicted molar refractivity (Wildman–Crippen MR) is 83.7 cm³/mol. The Labute approximate surface area is 123 Å². The van der Waals surface area contributed by atoms with E-state index in [1.54, 1.807) is 0 Å². The summed E-state index contributed by atoms with van der Waals surface area (Å²) in [4.78, 5) is 11.5. The van der Waals surface area contributed by atoms with Crippen LogP contribution in [0.25, 0.3) is 0 Å². The van der Waals surface area contributed by atoms with Gasteiger partial charge in [0.15, 0.2) is 0 Å². The van der Waals surface area contributed by atoms with Gasteiger partial charge in [-0.2, -0.15) is 0 Å². The molecule has 1 N–H and O–H groups in total. The van der Waals surface area contributed by atoms with Crippen LogP contribution >= 0.6 is 0 Å². The Morgan fingerprint density at radius 3 is 2.45 bits per heavy atom. The number of aromatic nitrogens is 2. The summed E-state index contributed by atoms with van der Waals surface area (Å²) in [6.45, 7) is 13.1. The van der Waals surface area contributed by atoms with Crippen LogP contribution in [-0.4, -0.2) is 29.6 Å². The van der Waals surface area contributed by atoms with Crippen LogP contribution in [0.1, 0.15) is 39.8 Å². The first kappa shape index (κ1) is 15.2. The summed E-state index contributed by atoms with van der Waals surface area (Å²) >= 11 is 0. The topological polar surface area (TPSA) is 41.1 Å². The summed E-state index contributed by atoms with van der Waals surface area (Å²) in [5.74, 6) is 3.18. The van der Waals surface area contributed by atoms with E-state index in [1.807, 2.05) is 12.4 Å². The zero-order valence-corrected chi connectivity index (χ0v) is 13.3. The van der Waals surface area contributed by atoms with Crippen molar-refractivity contribution in [1.29, 1.82) is 0 Å². The van der Waals surface area contributed by atoms with Crippen molar-refractivity contribution in [3.05, 3.63) is 18.1 Å². The van der Waals surface area contributed by atoms with Crippen molar-refractivity contribution in [1.82, 2.24) is 15.3 Å². The van der Waals surface area contributed by atoms with Crippen LogP contribution in [0.15, 0.2) is 12.4 Å². The third-order valence-corrected chi connectivity index (χ3v) is 3.74. The van der Waals surface area contributed by atoms with Crippen molar-refractivity contribution in [2.45, 2.75) is 40.7 Å². The Kier molecular flexibility index (Phi) is 5.35. The molecule has 1 saturated heterocycles. The van der Waals surface area contributed by atoms with E-state index < -0.39 is 0 Å². The molecule has 0 aliphatic carbocycles.